The third kappa shape index (κ3) is 3.22. The summed E-state index contributed by atoms with van der Waals surface area (Å²) in [6.07, 6.45) is 0. The molecule has 0 atom stereocenters. The van der Waals surface area contributed by atoms with E-state index in [4.69, 9.17) is 4.52 Å². The van der Waals surface area contributed by atoms with Gasteiger partial charge in [0, 0.05) is 12.1 Å². The number of carbonyl (C=O) groups excluding carboxylic acids is 1. The van der Waals surface area contributed by atoms with Gasteiger partial charge in [0.05, 0.1) is 5.69 Å². The van der Waals surface area contributed by atoms with Gasteiger partial charge in [-0.25, -0.2) is 0 Å². The summed E-state index contributed by atoms with van der Waals surface area (Å²) in [5.41, 5.74) is 4.08. The largest absolute Gasteiger partial charge is 0.355 e. The van der Waals surface area contributed by atoms with E-state index in [1.165, 1.54) is 0 Å². The Bertz CT molecular complexity index is 1120. The van der Waals surface area contributed by atoms with Crippen molar-refractivity contribution in [3.05, 3.63) is 89.1 Å². The lowest BCUT2D eigenvalue weighted by Crippen LogP contribution is -2.23. The topological polar surface area (TPSA) is 55.1 Å². The SMILES string of the molecule is Cc1ccccc1-c1onc(C)c1C(=O)NCc1cccc2ccccc12. The van der Waals surface area contributed by atoms with Gasteiger partial charge in [-0.2, -0.15) is 0 Å². The Morgan fingerprint density at radius 1 is 0.963 bits per heavy atom. The second-order valence-electron chi connectivity index (χ2n) is 6.61. The van der Waals surface area contributed by atoms with Crippen molar-refractivity contribution >= 4 is 16.7 Å². The predicted molar refractivity (Wildman–Crippen MR) is 107 cm³/mol. The first kappa shape index (κ1) is 17.0. The number of rotatable bonds is 4. The molecule has 0 saturated heterocycles. The van der Waals surface area contributed by atoms with Gasteiger partial charge >= 0.3 is 0 Å². The van der Waals surface area contributed by atoms with Crippen LogP contribution in [0.3, 0.4) is 0 Å². The molecule has 0 aliphatic rings. The molecule has 0 spiro atoms. The van der Waals surface area contributed by atoms with Crippen LogP contribution in [0, 0.1) is 13.8 Å². The number of benzene rings is 3. The normalized spacial score (nSPS) is 10.9. The zero-order valence-electron chi connectivity index (χ0n) is 15.3. The smallest absolute Gasteiger partial charge is 0.257 e. The van der Waals surface area contributed by atoms with E-state index in [1.54, 1.807) is 6.92 Å². The van der Waals surface area contributed by atoms with Crippen LogP contribution in [-0.4, -0.2) is 11.1 Å². The van der Waals surface area contributed by atoms with Gasteiger partial charge in [-0.15, -0.1) is 0 Å². The van der Waals surface area contributed by atoms with Gasteiger partial charge in [0.25, 0.3) is 5.91 Å². The van der Waals surface area contributed by atoms with Gasteiger partial charge in [-0.3, -0.25) is 4.79 Å². The van der Waals surface area contributed by atoms with E-state index in [-0.39, 0.29) is 5.91 Å². The van der Waals surface area contributed by atoms with E-state index in [0.717, 1.165) is 27.5 Å². The van der Waals surface area contributed by atoms with Gasteiger partial charge in [0.1, 0.15) is 5.56 Å². The second kappa shape index (κ2) is 7.08. The molecule has 0 aliphatic heterocycles. The van der Waals surface area contributed by atoms with Crippen molar-refractivity contribution in [2.75, 3.05) is 0 Å². The van der Waals surface area contributed by atoms with Crippen LogP contribution in [-0.2, 0) is 6.54 Å². The molecule has 3 aromatic carbocycles. The fourth-order valence-corrected chi connectivity index (χ4v) is 3.36. The molecule has 0 radical (unpaired) electrons. The Morgan fingerprint density at radius 2 is 1.70 bits per heavy atom. The summed E-state index contributed by atoms with van der Waals surface area (Å²) < 4.78 is 5.49. The summed E-state index contributed by atoms with van der Waals surface area (Å²) in [5.74, 6) is 0.334. The Labute approximate surface area is 157 Å². The Balaban J connectivity index is 1.63. The highest BCUT2D eigenvalue weighted by Gasteiger charge is 2.22. The maximum Gasteiger partial charge on any atom is 0.257 e. The van der Waals surface area contributed by atoms with Crippen LogP contribution in [0.1, 0.15) is 27.2 Å². The molecule has 0 fully saturated rings. The molecule has 4 aromatic rings. The molecule has 4 heteroatoms. The van der Waals surface area contributed by atoms with Crippen LogP contribution in [0.4, 0.5) is 0 Å². The molecular formula is C23H20N2O2. The van der Waals surface area contributed by atoms with Gasteiger partial charge in [-0.1, -0.05) is 71.9 Å². The van der Waals surface area contributed by atoms with Gasteiger partial charge < -0.3 is 9.84 Å². The van der Waals surface area contributed by atoms with Crippen molar-refractivity contribution in [3.63, 3.8) is 0 Å². The lowest BCUT2D eigenvalue weighted by atomic mass is 10.0. The first-order valence-electron chi connectivity index (χ1n) is 8.92. The summed E-state index contributed by atoms with van der Waals surface area (Å²) in [6, 6.07) is 22.1. The lowest BCUT2D eigenvalue weighted by Gasteiger charge is -2.09. The molecular weight excluding hydrogens is 336 g/mol. The van der Waals surface area contributed by atoms with Crippen molar-refractivity contribution in [2.45, 2.75) is 20.4 Å². The third-order valence-corrected chi connectivity index (χ3v) is 4.80. The molecule has 4 rings (SSSR count). The monoisotopic (exact) mass is 356 g/mol. The average molecular weight is 356 g/mol. The Kier molecular flexibility index (Phi) is 4.47. The summed E-state index contributed by atoms with van der Waals surface area (Å²) in [7, 11) is 0. The molecule has 1 aromatic heterocycles. The number of aryl methyl sites for hydroxylation is 2. The highest BCUT2D eigenvalue weighted by molar-refractivity contribution is 6.01. The van der Waals surface area contributed by atoms with Crippen LogP contribution < -0.4 is 5.32 Å². The van der Waals surface area contributed by atoms with E-state index < -0.39 is 0 Å². The number of hydrogen-bond donors (Lipinski definition) is 1. The average Bonchev–Trinajstić information content (AvgIpc) is 3.07. The van der Waals surface area contributed by atoms with Crippen molar-refractivity contribution in [1.82, 2.24) is 10.5 Å². The van der Waals surface area contributed by atoms with Gasteiger partial charge in [0.15, 0.2) is 5.76 Å². The van der Waals surface area contributed by atoms with E-state index in [0.29, 0.717) is 23.6 Å². The molecule has 4 nitrogen and oxygen atoms in total. The van der Waals surface area contributed by atoms with E-state index >= 15 is 0 Å². The maximum absolute atomic E-state index is 12.9. The molecule has 1 N–H and O–H groups in total. The number of carbonyl (C=O) groups is 1. The zero-order chi connectivity index (χ0) is 18.8. The van der Waals surface area contributed by atoms with Gasteiger partial charge in [-0.05, 0) is 35.7 Å². The second-order valence-corrected chi connectivity index (χ2v) is 6.61. The fraction of sp³-hybridized carbons (Fsp3) is 0.130. The summed E-state index contributed by atoms with van der Waals surface area (Å²) in [4.78, 5) is 12.9. The standard InChI is InChI=1S/C23H20N2O2/c1-15-8-3-5-12-19(15)22-21(16(2)25-27-22)23(26)24-14-18-11-7-10-17-9-4-6-13-20(17)18/h3-13H,14H2,1-2H3,(H,24,26). The first-order chi connectivity index (χ1) is 13.1. The van der Waals surface area contributed by atoms with Crippen LogP contribution in [0.15, 0.2) is 71.3 Å². The van der Waals surface area contributed by atoms with Crippen LogP contribution in [0.25, 0.3) is 22.1 Å². The molecule has 1 amide bonds. The Hall–Kier alpha value is -3.40. The molecule has 1 heterocycles. The van der Waals surface area contributed by atoms with Crippen LogP contribution in [0.2, 0.25) is 0 Å². The van der Waals surface area contributed by atoms with E-state index in [1.807, 2.05) is 55.5 Å². The van der Waals surface area contributed by atoms with Crippen LogP contribution in [0.5, 0.6) is 0 Å². The van der Waals surface area contributed by atoms with Crippen LogP contribution >= 0.6 is 0 Å². The minimum atomic E-state index is -0.181. The summed E-state index contributed by atoms with van der Waals surface area (Å²) in [5, 5.41) is 9.35. The first-order valence-corrected chi connectivity index (χ1v) is 8.92. The number of aromatic nitrogens is 1. The summed E-state index contributed by atoms with van der Waals surface area (Å²) >= 11 is 0. The minimum absolute atomic E-state index is 0.181. The number of amides is 1. The van der Waals surface area contributed by atoms with E-state index in [9.17, 15) is 4.79 Å². The van der Waals surface area contributed by atoms with Crippen molar-refractivity contribution in [2.24, 2.45) is 0 Å². The van der Waals surface area contributed by atoms with E-state index in [2.05, 4.69) is 28.7 Å². The maximum atomic E-state index is 12.9. The van der Waals surface area contributed by atoms with Crippen molar-refractivity contribution in [1.29, 1.82) is 0 Å². The number of nitrogens with zero attached hydrogens (tertiary/aromatic N) is 1. The lowest BCUT2D eigenvalue weighted by molar-refractivity contribution is 0.0951. The number of nitrogens with one attached hydrogen (secondary N) is 1. The molecule has 0 saturated carbocycles. The van der Waals surface area contributed by atoms with Gasteiger partial charge in [0.2, 0.25) is 0 Å². The molecule has 134 valence electrons. The number of fused-ring (bicyclic) bond motifs is 1. The predicted octanol–water partition coefficient (Wildman–Crippen LogP) is 5.04. The number of hydrogen-bond acceptors (Lipinski definition) is 3. The quantitative estimate of drug-likeness (QED) is 0.557. The molecule has 0 aliphatic carbocycles. The summed E-state index contributed by atoms with van der Waals surface area (Å²) in [6.45, 7) is 4.22. The van der Waals surface area contributed by atoms with Crippen molar-refractivity contribution < 1.29 is 9.32 Å². The van der Waals surface area contributed by atoms with Crippen molar-refractivity contribution in [3.8, 4) is 11.3 Å². The minimum Gasteiger partial charge on any atom is -0.355 e. The fourth-order valence-electron chi connectivity index (χ4n) is 3.36. The molecule has 0 unspecified atom stereocenters. The zero-order valence-corrected chi connectivity index (χ0v) is 15.3. The third-order valence-electron chi connectivity index (χ3n) is 4.80. The highest BCUT2D eigenvalue weighted by atomic mass is 16.5. The molecule has 0 bridgehead atoms. The highest BCUT2D eigenvalue weighted by Crippen LogP contribution is 2.29. The Morgan fingerprint density at radius 3 is 2.56 bits per heavy atom. The molecule has 27 heavy (non-hydrogen) atoms.